The first-order valence-electron chi connectivity index (χ1n) is 6.33. The normalized spacial score (nSPS) is 20.4. The second-order valence-corrected chi connectivity index (χ2v) is 5.67. The van der Waals surface area contributed by atoms with Crippen LogP contribution in [-0.2, 0) is 4.74 Å². The van der Waals surface area contributed by atoms with Crippen molar-refractivity contribution in [3.63, 3.8) is 0 Å². The molecule has 1 aromatic carbocycles. The molecule has 0 aromatic heterocycles. The lowest BCUT2D eigenvalue weighted by Crippen LogP contribution is -2.36. The largest absolute Gasteiger partial charge is 0.381 e. The molecule has 1 N–H and O–H groups in total. The maximum atomic E-state index is 10.6. The third-order valence-corrected chi connectivity index (χ3v) is 4.51. The Balaban J connectivity index is 1.88. The van der Waals surface area contributed by atoms with Crippen molar-refractivity contribution in [3.05, 3.63) is 34.4 Å². The third-order valence-electron chi connectivity index (χ3n) is 3.38. The summed E-state index contributed by atoms with van der Waals surface area (Å²) in [7, 11) is 1.97. The molecule has 2 atom stereocenters. The van der Waals surface area contributed by atoms with E-state index in [2.05, 4.69) is 5.32 Å². The topological polar surface area (TPSA) is 64.4 Å². The van der Waals surface area contributed by atoms with Crippen molar-refractivity contribution >= 4 is 17.4 Å². The molecule has 0 radical (unpaired) electrons. The summed E-state index contributed by atoms with van der Waals surface area (Å²) in [4.78, 5) is 11.3. The summed E-state index contributed by atoms with van der Waals surface area (Å²) >= 11 is 1.72. The highest BCUT2D eigenvalue weighted by Gasteiger charge is 2.24. The molecule has 1 saturated heterocycles. The summed E-state index contributed by atoms with van der Waals surface area (Å²) in [6, 6.07) is 7.13. The first-order chi connectivity index (χ1) is 9.20. The summed E-state index contributed by atoms with van der Waals surface area (Å²) in [5.74, 6) is 1.51. The van der Waals surface area contributed by atoms with Gasteiger partial charge in [-0.3, -0.25) is 10.1 Å². The van der Waals surface area contributed by atoms with Gasteiger partial charge in [0, 0.05) is 41.3 Å². The monoisotopic (exact) mass is 282 g/mol. The van der Waals surface area contributed by atoms with E-state index in [0.29, 0.717) is 12.0 Å². The predicted octanol–water partition coefficient (Wildman–Crippen LogP) is 2.31. The molecule has 0 saturated carbocycles. The summed E-state index contributed by atoms with van der Waals surface area (Å²) in [6.45, 7) is 1.68. The molecule has 0 amide bonds. The van der Waals surface area contributed by atoms with Crippen molar-refractivity contribution < 1.29 is 9.66 Å². The third kappa shape index (κ3) is 3.92. The number of thioether (sulfide) groups is 1. The van der Waals surface area contributed by atoms with Gasteiger partial charge in [-0.1, -0.05) is 0 Å². The van der Waals surface area contributed by atoms with Crippen molar-refractivity contribution in [3.8, 4) is 0 Å². The number of rotatable bonds is 6. The molecule has 1 aliphatic heterocycles. The maximum Gasteiger partial charge on any atom is 0.269 e. The van der Waals surface area contributed by atoms with E-state index in [9.17, 15) is 10.1 Å². The fourth-order valence-electron chi connectivity index (χ4n) is 2.18. The van der Waals surface area contributed by atoms with Crippen molar-refractivity contribution in [1.29, 1.82) is 0 Å². The van der Waals surface area contributed by atoms with Crippen LogP contribution in [-0.4, -0.2) is 37.0 Å². The van der Waals surface area contributed by atoms with Crippen LogP contribution in [0.1, 0.15) is 6.42 Å². The van der Waals surface area contributed by atoms with Crippen molar-refractivity contribution in [1.82, 2.24) is 5.32 Å². The van der Waals surface area contributed by atoms with Gasteiger partial charge < -0.3 is 10.1 Å². The van der Waals surface area contributed by atoms with Gasteiger partial charge >= 0.3 is 0 Å². The Bertz CT molecular complexity index is 418. The zero-order chi connectivity index (χ0) is 13.7. The van der Waals surface area contributed by atoms with E-state index in [1.807, 2.05) is 7.05 Å². The Hall–Kier alpha value is -1.11. The number of ether oxygens (including phenoxy) is 1. The standard InChI is InChI=1S/C13H18N2O3S/c1-14-13(10-6-7-18-8-10)9-19-12-4-2-11(3-5-12)15(16)17/h2-5,10,13-14H,6-9H2,1H3. The predicted molar refractivity (Wildman–Crippen MR) is 75.6 cm³/mol. The van der Waals surface area contributed by atoms with Gasteiger partial charge in [0.25, 0.3) is 5.69 Å². The van der Waals surface area contributed by atoms with E-state index in [1.54, 1.807) is 36.0 Å². The van der Waals surface area contributed by atoms with E-state index in [0.717, 1.165) is 30.3 Å². The quantitative estimate of drug-likeness (QED) is 0.493. The molecule has 2 rings (SSSR count). The van der Waals surface area contributed by atoms with Crippen LogP contribution in [0.3, 0.4) is 0 Å². The van der Waals surface area contributed by atoms with E-state index in [-0.39, 0.29) is 10.6 Å². The number of hydrogen-bond acceptors (Lipinski definition) is 5. The molecule has 1 heterocycles. The Labute approximate surface area is 116 Å². The first-order valence-corrected chi connectivity index (χ1v) is 7.31. The summed E-state index contributed by atoms with van der Waals surface area (Å²) in [6.07, 6.45) is 1.10. The number of non-ortho nitro benzene ring substituents is 1. The van der Waals surface area contributed by atoms with Gasteiger partial charge in [-0.2, -0.15) is 0 Å². The molecular weight excluding hydrogens is 264 g/mol. The minimum atomic E-state index is -0.374. The summed E-state index contributed by atoms with van der Waals surface area (Å²) in [5.41, 5.74) is 0.138. The summed E-state index contributed by atoms with van der Waals surface area (Å²) in [5, 5.41) is 13.9. The van der Waals surface area contributed by atoms with Gasteiger partial charge in [-0.15, -0.1) is 11.8 Å². The van der Waals surface area contributed by atoms with Crippen molar-refractivity contribution in [2.24, 2.45) is 5.92 Å². The molecule has 19 heavy (non-hydrogen) atoms. The molecule has 1 aromatic rings. The molecular formula is C13H18N2O3S. The number of benzene rings is 1. The molecule has 0 aliphatic carbocycles. The lowest BCUT2D eigenvalue weighted by Gasteiger charge is -2.21. The number of nitrogens with zero attached hydrogens (tertiary/aromatic N) is 1. The Kier molecular flexibility index (Phi) is 5.18. The average Bonchev–Trinajstić information content (AvgIpc) is 2.94. The van der Waals surface area contributed by atoms with Gasteiger partial charge in [-0.25, -0.2) is 0 Å². The second-order valence-electron chi connectivity index (χ2n) is 4.58. The van der Waals surface area contributed by atoms with E-state index in [4.69, 9.17) is 4.74 Å². The molecule has 1 fully saturated rings. The Morgan fingerprint density at radius 1 is 1.53 bits per heavy atom. The van der Waals surface area contributed by atoms with Crippen molar-refractivity contribution in [2.75, 3.05) is 26.0 Å². The highest BCUT2D eigenvalue weighted by Crippen LogP contribution is 2.25. The van der Waals surface area contributed by atoms with E-state index in [1.165, 1.54) is 0 Å². The second kappa shape index (κ2) is 6.88. The fraction of sp³-hybridized carbons (Fsp3) is 0.538. The number of nitrogens with one attached hydrogen (secondary N) is 1. The summed E-state index contributed by atoms with van der Waals surface area (Å²) < 4.78 is 5.41. The molecule has 0 spiro atoms. The highest BCUT2D eigenvalue weighted by atomic mass is 32.2. The number of nitro groups is 1. The smallest absolute Gasteiger partial charge is 0.269 e. The fourth-order valence-corrected chi connectivity index (χ4v) is 3.31. The van der Waals surface area contributed by atoms with Crippen molar-refractivity contribution in [2.45, 2.75) is 17.4 Å². The maximum absolute atomic E-state index is 10.6. The molecule has 1 aliphatic rings. The Morgan fingerprint density at radius 2 is 2.26 bits per heavy atom. The minimum Gasteiger partial charge on any atom is -0.381 e. The zero-order valence-corrected chi connectivity index (χ0v) is 11.7. The van der Waals surface area contributed by atoms with Crippen LogP contribution in [0.25, 0.3) is 0 Å². The van der Waals surface area contributed by atoms with Crippen LogP contribution in [0.5, 0.6) is 0 Å². The lowest BCUT2D eigenvalue weighted by atomic mass is 10.0. The molecule has 2 unspecified atom stereocenters. The highest BCUT2D eigenvalue weighted by molar-refractivity contribution is 7.99. The van der Waals surface area contributed by atoms with Crippen LogP contribution in [0.15, 0.2) is 29.2 Å². The van der Waals surface area contributed by atoms with Crippen LogP contribution in [0, 0.1) is 16.0 Å². The van der Waals surface area contributed by atoms with E-state index < -0.39 is 0 Å². The minimum absolute atomic E-state index is 0.138. The lowest BCUT2D eigenvalue weighted by molar-refractivity contribution is -0.384. The zero-order valence-electron chi connectivity index (χ0n) is 10.9. The molecule has 6 heteroatoms. The molecule has 104 valence electrons. The van der Waals surface area contributed by atoms with Gasteiger partial charge in [0.2, 0.25) is 0 Å². The van der Waals surface area contributed by atoms with Gasteiger partial charge in [-0.05, 0) is 25.6 Å². The molecule has 0 bridgehead atoms. The average molecular weight is 282 g/mol. The SMILES string of the molecule is CNC(CSc1ccc([N+](=O)[O-])cc1)C1CCOC1. The first kappa shape index (κ1) is 14.3. The van der Waals surface area contributed by atoms with Crippen LogP contribution >= 0.6 is 11.8 Å². The van der Waals surface area contributed by atoms with Crippen LogP contribution < -0.4 is 5.32 Å². The van der Waals surface area contributed by atoms with Gasteiger partial charge in [0.1, 0.15) is 0 Å². The van der Waals surface area contributed by atoms with Gasteiger partial charge in [0.05, 0.1) is 11.5 Å². The number of hydrogen-bond donors (Lipinski definition) is 1. The number of nitro benzene ring substituents is 1. The van der Waals surface area contributed by atoms with Gasteiger partial charge in [0.15, 0.2) is 0 Å². The Morgan fingerprint density at radius 3 is 2.79 bits per heavy atom. The van der Waals surface area contributed by atoms with Crippen LogP contribution in [0.4, 0.5) is 5.69 Å². The van der Waals surface area contributed by atoms with Crippen LogP contribution in [0.2, 0.25) is 0 Å². The molecule has 5 nitrogen and oxygen atoms in total. The van der Waals surface area contributed by atoms with E-state index >= 15 is 0 Å².